The molecule has 0 saturated carbocycles. The predicted octanol–water partition coefficient (Wildman–Crippen LogP) is 4.16. The molecule has 4 amide bonds. The molecule has 2 atom stereocenters. The zero-order valence-corrected chi connectivity index (χ0v) is 20.4. The van der Waals surface area contributed by atoms with Crippen molar-refractivity contribution >= 4 is 58.1 Å². The quantitative estimate of drug-likeness (QED) is 0.179. The van der Waals surface area contributed by atoms with Crippen LogP contribution in [0.3, 0.4) is 0 Å². The van der Waals surface area contributed by atoms with Gasteiger partial charge < -0.3 is 9.64 Å². The number of carbonyl (C=O) groups excluding carboxylic acids is 3. The molecule has 1 heterocycles. The van der Waals surface area contributed by atoms with Crippen LogP contribution in [-0.4, -0.2) is 36.4 Å². The third kappa shape index (κ3) is 4.65. The summed E-state index contributed by atoms with van der Waals surface area (Å²) in [4.78, 5) is 40.3. The first-order valence-corrected chi connectivity index (χ1v) is 13.9. The van der Waals surface area contributed by atoms with Gasteiger partial charge in [0, 0.05) is 6.08 Å². The lowest BCUT2D eigenvalue weighted by Gasteiger charge is -2.24. The highest BCUT2D eigenvalue weighted by Crippen LogP contribution is 2.39. The molecule has 0 spiro atoms. The van der Waals surface area contributed by atoms with E-state index in [4.69, 9.17) is 9.36 Å². The van der Waals surface area contributed by atoms with Crippen molar-refractivity contribution in [2.24, 2.45) is 0 Å². The summed E-state index contributed by atoms with van der Waals surface area (Å²) in [5.74, 6) is 0.0931. The lowest BCUT2D eigenvalue weighted by atomic mass is 10.0. The summed E-state index contributed by atoms with van der Waals surface area (Å²) in [6.07, 6.45) is 4.69. The minimum atomic E-state index is -0.327. The van der Waals surface area contributed by atoms with Gasteiger partial charge in [-0.3, -0.25) is 9.59 Å². The number of urea groups is 1. The zero-order valence-electron chi connectivity index (χ0n) is 17.2. The highest BCUT2D eigenvalue weighted by atomic mass is 127. The fourth-order valence-corrected chi connectivity index (χ4v) is 4.54. The van der Waals surface area contributed by atoms with Crippen LogP contribution in [0.15, 0.2) is 48.5 Å². The third-order valence-corrected chi connectivity index (χ3v) is 6.37. The number of rotatable bonds is 7. The molecule has 0 bridgehead atoms. The van der Waals surface area contributed by atoms with Crippen molar-refractivity contribution in [1.29, 1.82) is 0 Å². The topological polar surface area (TPSA) is 88.2 Å². The monoisotopic (exact) mass is 565 g/mol. The number of methoxy groups -OCH3 is 1. The van der Waals surface area contributed by atoms with E-state index in [0.717, 1.165) is 29.5 Å². The highest BCUT2D eigenvalue weighted by molar-refractivity contribution is 14.2. The second-order valence-corrected chi connectivity index (χ2v) is 9.01. The number of halogens is 1. The van der Waals surface area contributed by atoms with E-state index in [1.807, 2.05) is 40.2 Å². The first-order valence-electron chi connectivity index (χ1n) is 9.91. The molecule has 166 valence electrons. The van der Waals surface area contributed by atoms with Gasteiger partial charge in [-0.15, -0.1) is 0 Å². The number of hydroxylamine groups is 1. The molecule has 4 rings (SSSR count). The van der Waals surface area contributed by atoms with Gasteiger partial charge in [0.2, 0.25) is 0 Å². The van der Waals surface area contributed by atoms with E-state index in [0.29, 0.717) is 11.4 Å². The van der Waals surface area contributed by atoms with Crippen molar-refractivity contribution < 1.29 is 23.7 Å². The summed E-state index contributed by atoms with van der Waals surface area (Å²) in [6.45, 7) is 0.198. The van der Waals surface area contributed by atoms with Crippen LogP contribution in [0.5, 0.6) is 5.75 Å². The van der Waals surface area contributed by atoms with Crippen molar-refractivity contribution in [3.63, 3.8) is 0 Å². The van der Waals surface area contributed by atoms with Crippen LogP contribution in [0.4, 0.5) is 10.5 Å². The minimum absolute atomic E-state index is 0.0499. The fourth-order valence-electron chi connectivity index (χ4n) is 4.07. The Labute approximate surface area is 200 Å². The van der Waals surface area contributed by atoms with Crippen molar-refractivity contribution in [2.75, 3.05) is 18.6 Å². The molecule has 1 N–H and O–H groups in total. The number of anilines is 1. The number of hydrogen-bond acceptors (Lipinski definition) is 5. The number of nitrogens with zero attached hydrogens (tertiary/aromatic N) is 2. The Bertz CT molecular complexity index is 1080. The van der Waals surface area contributed by atoms with Crippen LogP contribution in [0.2, 0.25) is 0 Å². The van der Waals surface area contributed by atoms with Gasteiger partial charge in [0.05, 0.1) is 18.8 Å². The summed E-state index contributed by atoms with van der Waals surface area (Å²) >= 11 is 2.02. The van der Waals surface area contributed by atoms with Gasteiger partial charge in [0.25, 0.3) is 11.8 Å². The minimum Gasteiger partial charge on any atom is -0.497 e. The van der Waals surface area contributed by atoms with E-state index >= 15 is 0 Å². The molecular formula is C22H21IN3O5P. The normalized spacial score (nSPS) is 18.2. The summed E-state index contributed by atoms with van der Waals surface area (Å²) in [5, 5.41) is 0. The zero-order chi connectivity index (χ0) is 22.7. The second-order valence-electron chi connectivity index (χ2n) is 7.33. The second kappa shape index (κ2) is 9.97. The first kappa shape index (κ1) is 22.7. The molecular weight excluding hydrogens is 544 g/mol. The SMILES string of the molecule is COc1ccc(N2C(=O)CN(C3CCc4cc(/C=C/C(=O)NOPI)ccc43)C2=O)cc1. The Morgan fingerprint density at radius 3 is 2.72 bits per heavy atom. The van der Waals surface area contributed by atoms with E-state index in [9.17, 15) is 14.4 Å². The molecule has 8 nitrogen and oxygen atoms in total. The van der Waals surface area contributed by atoms with Crippen LogP contribution in [-0.2, 0) is 20.6 Å². The van der Waals surface area contributed by atoms with Crippen molar-refractivity contribution in [1.82, 2.24) is 10.4 Å². The van der Waals surface area contributed by atoms with E-state index in [1.165, 1.54) is 11.0 Å². The van der Waals surface area contributed by atoms with Gasteiger partial charge in [-0.25, -0.2) is 19.8 Å². The van der Waals surface area contributed by atoms with Crippen LogP contribution in [0.1, 0.15) is 29.2 Å². The molecule has 0 aromatic heterocycles. The lowest BCUT2D eigenvalue weighted by molar-refractivity contribution is -0.122. The summed E-state index contributed by atoms with van der Waals surface area (Å²) < 4.78 is 10.0. The lowest BCUT2D eigenvalue weighted by Crippen LogP contribution is -2.34. The van der Waals surface area contributed by atoms with Crippen LogP contribution >= 0.6 is 28.5 Å². The van der Waals surface area contributed by atoms with E-state index in [1.54, 1.807) is 42.4 Å². The number of ether oxygens (including phenoxy) is 1. The summed E-state index contributed by atoms with van der Waals surface area (Å²) in [7, 11) is 1.57. The highest BCUT2D eigenvalue weighted by Gasteiger charge is 2.42. The maximum absolute atomic E-state index is 13.1. The van der Waals surface area contributed by atoms with E-state index in [2.05, 4.69) is 5.48 Å². The van der Waals surface area contributed by atoms with Crippen molar-refractivity contribution in [2.45, 2.75) is 18.9 Å². The first-order chi connectivity index (χ1) is 15.5. The smallest absolute Gasteiger partial charge is 0.332 e. The van der Waals surface area contributed by atoms with Gasteiger partial charge in [0.15, 0.2) is 0 Å². The Balaban J connectivity index is 1.49. The number of carbonyl (C=O) groups is 3. The predicted molar refractivity (Wildman–Crippen MR) is 131 cm³/mol. The Kier molecular flexibility index (Phi) is 7.07. The summed E-state index contributed by atoms with van der Waals surface area (Å²) in [6, 6.07) is 12.3. The van der Waals surface area contributed by atoms with E-state index < -0.39 is 0 Å². The average molecular weight is 565 g/mol. The molecule has 1 saturated heterocycles. The number of nitrogens with one attached hydrogen (secondary N) is 1. The van der Waals surface area contributed by atoms with Crippen molar-refractivity contribution in [3.8, 4) is 5.75 Å². The molecule has 1 aliphatic heterocycles. The molecule has 2 aromatic carbocycles. The molecule has 1 fully saturated rings. The van der Waals surface area contributed by atoms with Gasteiger partial charge in [-0.1, -0.05) is 18.2 Å². The van der Waals surface area contributed by atoms with Crippen LogP contribution in [0.25, 0.3) is 6.08 Å². The maximum Gasteiger partial charge on any atom is 0.332 e. The fraction of sp³-hybridized carbons (Fsp3) is 0.227. The Morgan fingerprint density at radius 1 is 1.22 bits per heavy atom. The number of benzene rings is 2. The van der Waals surface area contributed by atoms with Gasteiger partial charge >= 0.3 is 6.03 Å². The number of amides is 4. The Morgan fingerprint density at radius 2 is 2.00 bits per heavy atom. The summed E-state index contributed by atoms with van der Waals surface area (Å²) in [5.41, 5.74) is 5.90. The van der Waals surface area contributed by atoms with Gasteiger partial charge in [-0.05, 0) is 81.9 Å². The van der Waals surface area contributed by atoms with E-state index in [-0.39, 0.29) is 36.9 Å². The molecule has 0 radical (unpaired) electrons. The molecule has 1 aliphatic carbocycles. The molecule has 2 aliphatic rings. The van der Waals surface area contributed by atoms with Crippen molar-refractivity contribution in [3.05, 3.63) is 65.2 Å². The number of aryl methyl sites for hydroxylation is 1. The number of imide groups is 1. The van der Waals surface area contributed by atoms with Crippen LogP contribution < -0.4 is 15.1 Å². The average Bonchev–Trinajstić information content (AvgIpc) is 3.35. The molecule has 2 unspecified atom stereocenters. The van der Waals surface area contributed by atoms with Gasteiger partial charge in [-0.2, -0.15) is 0 Å². The third-order valence-electron chi connectivity index (χ3n) is 5.53. The largest absolute Gasteiger partial charge is 0.497 e. The number of fused-ring (bicyclic) bond motifs is 1. The standard InChI is InChI=1S/C22H21IN3O5P/c1-30-17-7-5-16(6-8-17)26-21(28)13-25(22(26)29)19-10-4-15-12-14(2-9-18(15)19)3-11-20(27)24-31-32-23/h2-3,5-9,11-12,19,32H,4,10,13H2,1H3,(H,24,27)/b11-3+. The maximum atomic E-state index is 13.1. The van der Waals surface area contributed by atoms with Gasteiger partial charge in [0.1, 0.15) is 18.7 Å². The Hall–Kier alpha value is -2.49. The molecule has 10 heteroatoms. The van der Waals surface area contributed by atoms with Crippen LogP contribution in [0, 0.1) is 0 Å². The molecule has 32 heavy (non-hydrogen) atoms. The number of hydrogen-bond donors (Lipinski definition) is 1. The molecule has 2 aromatic rings.